The van der Waals surface area contributed by atoms with E-state index in [1.165, 1.54) is 24.9 Å². The smallest absolute Gasteiger partial charge is 0.0669 e. The van der Waals surface area contributed by atoms with Crippen molar-refractivity contribution in [1.29, 1.82) is 5.26 Å². The van der Waals surface area contributed by atoms with Crippen molar-refractivity contribution in [2.24, 2.45) is 17.3 Å². The van der Waals surface area contributed by atoms with Gasteiger partial charge in [0.25, 0.3) is 0 Å². The van der Waals surface area contributed by atoms with Gasteiger partial charge in [-0.3, -0.25) is 4.90 Å². The van der Waals surface area contributed by atoms with Gasteiger partial charge in [-0.25, -0.2) is 0 Å². The summed E-state index contributed by atoms with van der Waals surface area (Å²) in [6.07, 6.45) is 4.84. The average Bonchev–Trinajstić information content (AvgIpc) is 2.69. The molecule has 0 spiro atoms. The Morgan fingerprint density at radius 3 is 2.34 bits per heavy atom. The molecule has 3 nitrogen and oxygen atoms in total. The average molecular weight is 418 g/mol. The van der Waals surface area contributed by atoms with Crippen molar-refractivity contribution < 1.29 is 0 Å². The molecule has 3 unspecified atom stereocenters. The Morgan fingerprint density at radius 1 is 1.10 bits per heavy atom. The van der Waals surface area contributed by atoms with Crippen LogP contribution in [0.5, 0.6) is 0 Å². The summed E-state index contributed by atoms with van der Waals surface area (Å²) in [5.41, 5.74) is 3.73. The summed E-state index contributed by atoms with van der Waals surface area (Å²) in [7, 11) is 0. The lowest BCUT2D eigenvalue weighted by atomic mass is 9.58. The summed E-state index contributed by atoms with van der Waals surface area (Å²) < 4.78 is 0. The third-order valence-corrected chi connectivity index (χ3v) is 7.65. The highest BCUT2D eigenvalue weighted by molar-refractivity contribution is 5.85. The molecule has 1 heterocycles. The minimum absolute atomic E-state index is 0. The van der Waals surface area contributed by atoms with Gasteiger partial charge in [-0.15, -0.1) is 12.4 Å². The van der Waals surface area contributed by atoms with Gasteiger partial charge in [0.1, 0.15) is 0 Å². The molecule has 1 saturated carbocycles. The van der Waals surface area contributed by atoms with E-state index in [1.54, 1.807) is 5.56 Å². The van der Waals surface area contributed by atoms with Crippen molar-refractivity contribution >= 4 is 18.1 Å². The normalized spacial score (nSPS) is 28.3. The SMILES string of the molecule is CCC(C#N)CN1CCN(c2ccccc2C2(C)CCC(C)(C)CC2C)CC1.Cl. The van der Waals surface area contributed by atoms with Gasteiger partial charge in [-0.05, 0) is 54.1 Å². The Kier molecular flexibility index (Phi) is 8.05. The molecule has 3 rings (SSSR count). The quantitative estimate of drug-likeness (QED) is 0.598. The fourth-order valence-electron chi connectivity index (χ4n) is 5.38. The van der Waals surface area contributed by atoms with Crippen LogP contribution in [-0.2, 0) is 5.41 Å². The van der Waals surface area contributed by atoms with Crippen molar-refractivity contribution in [3.05, 3.63) is 29.8 Å². The van der Waals surface area contributed by atoms with E-state index in [2.05, 4.69) is 74.8 Å². The molecule has 1 saturated heterocycles. The molecule has 0 radical (unpaired) electrons. The van der Waals surface area contributed by atoms with Crippen LogP contribution in [0.15, 0.2) is 24.3 Å². The molecule has 1 aromatic carbocycles. The zero-order valence-corrected chi connectivity index (χ0v) is 19.9. The predicted molar refractivity (Wildman–Crippen MR) is 126 cm³/mol. The zero-order valence-electron chi connectivity index (χ0n) is 19.1. The Labute approximate surface area is 184 Å². The number of para-hydroxylation sites is 1. The molecule has 0 bridgehead atoms. The second-order valence-corrected chi connectivity index (χ2v) is 10.2. The Bertz CT molecular complexity index is 702. The van der Waals surface area contributed by atoms with Crippen LogP contribution in [0.4, 0.5) is 5.69 Å². The van der Waals surface area contributed by atoms with Gasteiger partial charge in [0, 0.05) is 38.4 Å². The Hall–Kier alpha value is -1.24. The minimum Gasteiger partial charge on any atom is -0.369 e. The number of benzene rings is 1. The van der Waals surface area contributed by atoms with Crippen LogP contribution in [0.3, 0.4) is 0 Å². The van der Waals surface area contributed by atoms with Gasteiger partial charge in [0.15, 0.2) is 0 Å². The molecule has 4 heteroatoms. The van der Waals surface area contributed by atoms with Crippen molar-refractivity contribution in [1.82, 2.24) is 4.90 Å². The summed E-state index contributed by atoms with van der Waals surface area (Å²) in [4.78, 5) is 5.07. The largest absolute Gasteiger partial charge is 0.369 e. The summed E-state index contributed by atoms with van der Waals surface area (Å²) >= 11 is 0. The molecule has 1 aliphatic heterocycles. The molecule has 0 aromatic heterocycles. The first-order valence-corrected chi connectivity index (χ1v) is 11.3. The summed E-state index contributed by atoms with van der Waals surface area (Å²) in [5.74, 6) is 0.865. The van der Waals surface area contributed by atoms with Crippen LogP contribution < -0.4 is 4.90 Å². The van der Waals surface area contributed by atoms with E-state index < -0.39 is 0 Å². The molecular weight excluding hydrogens is 378 g/mol. The maximum absolute atomic E-state index is 9.27. The lowest BCUT2D eigenvalue weighted by Gasteiger charge is -2.48. The highest BCUT2D eigenvalue weighted by atomic mass is 35.5. The van der Waals surface area contributed by atoms with Crippen LogP contribution >= 0.6 is 12.4 Å². The number of hydrogen-bond donors (Lipinski definition) is 0. The molecule has 2 aliphatic rings. The highest BCUT2D eigenvalue weighted by Crippen LogP contribution is 2.51. The second-order valence-electron chi connectivity index (χ2n) is 10.2. The summed E-state index contributed by atoms with van der Waals surface area (Å²) in [5, 5.41) is 9.27. The third-order valence-electron chi connectivity index (χ3n) is 7.65. The van der Waals surface area contributed by atoms with E-state index in [-0.39, 0.29) is 23.7 Å². The molecule has 3 atom stereocenters. The van der Waals surface area contributed by atoms with E-state index >= 15 is 0 Å². The molecule has 1 aliphatic carbocycles. The monoisotopic (exact) mass is 417 g/mol. The van der Waals surface area contributed by atoms with Gasteiger partial charge in [0.05, 0.1) is 12.0 Å². The maximum atomic E-state index is 9.27. The third kappa shape index (κ3) is 5.28. The molecule has 29 heavy (non-hydrogen) atoms. The first-order chi connectivity index (χ1) is 13.3. The Morgan fingerprint density at radius 2 is 1.76 bits per heavy atom. The van der Waals surface area contributed by atoms with Crippen LogP contribution in [0.25, 0.3) is 0 Å². The first-order valence-electron chi connectivity index (χ1n) is 11.3. The topological polar surface area (TPSA) is 30.3 Å². The molecule has 0 N–H and O–H groups in total. The lowest BCUT2D eigenvalue weighted by molar-refractivity contribution is 0.109. The second kappa shape index (κ2) is 9.71. The summed E-state index contributed by atoms with van der Waals surface area (Å²) in [6.45, 7) is 17.1. The number of halogens is 1. The van der Waals surface area contributed by atoms with Gasteiger partial charge < -0.3 is 4.90 Å². The number of rotatable bonds is 5. The van der Waals surface area contributed by atoms with Crippen molar-refractivity contribution in [2.45, 2.75) is 65.7 Å². The first kappa shape index (κ1) is 24.0. The minimum atomic E-state index is 0. The van der Waals surface area contributed by atoms with E-state index in [9.17, 15) is 5.26 Å². The molecule has 1 aromatic rings. The Balaban J connectivity index is 0.00000300. The van der Waals surface area contributed by atoms with E-state index in [1.807, 2.05) is 0 Å². The van der Waals surface area contributed by atoms with Gasteiger partial charge in [-0.2, -0.15) is 5.26 Å². The maximum Gasteiger partial charge on any atom is 0.0669 e. The van der Waals surface area contributed by atoms with E-state index in [4.69, 9.17) is 0 Å². The van der Waals surface area contributed by atoms with Crippen molar-refractivity contribution in [3.8, 4) is 6.07 Å². The number of anilines is 1. The number of nitrogens with zero attached hydrogens (tertiary/aromatic N) is 3. The standard InChI is InChI=1S/C25H39N3.ClH/c1-6-21(18-26)19-27-13-15-28(16-14-27)23-10-8-7-9-22(23)25(5)12-11-24(3,4)17-20(25)2;/h7-10,20-21H,6,11-17,19H2,1-5H3;1H. The highest BCUT2D eigenvalue weighted by Gasteiger charge is 2.43. The molecule has 0 amide bonds. The van der Waals surface area contributed by atoms with Crippen molar-refractivity contribution in [3.63, 3.8) is 0 Å². The number of hydrogen-bond acceptors (Lipinski definition) is 3. The lowest BCUT2D eigenvalue weighted by Crippen LogP contribution is -2.49. The zero-order chi connectivity index (χ0) is 20.4. The fraction of sp³-hybridized carbons (Fsp3) is 0.720. The van der Waals surface area contributed by atoms with Gasteiger partial charge >= 0.3 is 0 Å². The molecule has 2 fully saturated rings. The van der Waals surface area contributed by atoms with Gasteiger partial charge in [-0.1, -0.05) is 52.8 Å². The van der Waals surface area contributed by atoms with Crippen LogP contribution in [0.2, 0.25) is 0 Å². The van der Waals surface area contributed by atoms with Gasteiger partial charge in [0.2, 0.25) is 0 Å². The number of nitriles is 1. The van der Waals surface area contributed by atoms with Crippen LogP contribution in [-0.4, -0.2) is 37.6 Å². The predicted octanol–water partition coefficient (Wildman–Crippen LogP) is 5.88. The fourth-order valence-corrected chi connectivity index (χ4v) is 5.38. The number of piperazine rings is 1. The summed E-state index contributed by atoms with van der Waals surface area (Å²) in [6, 6.07) is 11.6. The van der Waals surface area contributed by atoms with E-state index in [0.29, 0.717) is 11.3 Å². The molecular formula is C25H40ClN3. The molecule has 162 valence electrons. The van der Waals surface area contributed by atoms with E-state index in [0.717, 1.165) is 39.1 Å². The van der Waals surface area contributed by atoms with Crippen LogP contribution in [0.1, 0.15) is 65.9 Å². The van der Waals surface area contributed by atoms with Crippen LogP contribution in [0, 0.1) is 28.6 Å². The van der Waals surface area contributed by atoms with Crippen molar-refractivity contribution in [2.75, 3.05) is 37.6 Å².